The highest BCUT2D eigenvalue weighted by atomic mass is 35.5. The molecule has 2 heterocycles. The van der Waals surface area contributed by atoms with E-state index in [4.69, 9.17) is 23.2 Å². The minimum Gasteiger partial charge on any atom is -0.503 e. The molecular formula is C20H21Cl2N3O4. The first kappa shape index (κ1) is 21.2. The second kappa shape index (κ2) is 8.08. The van der Waals surface area contributed by atoms with E-state index >= 15 is 0 Å². The minimum atomic E-state index is -0.763. The number of carbonyl (C=O) groups excluding carboxylic acids is 2. The topological polar surface area (TPSA) is 82.8 Å². The molecule has 1 aliphatic rings. The zero-order chi connectivity index (χ0) is 21.5. The molecule has 1 aromatic carbocycles. The van der Waals surface area contributed by atoms with Crippen LogP contribution < -0.4 is 5.43 Å². The molecule has 0 bridgehead atoms. The van der Waals surface area contributed by atoms with Crippen molar-refractivity contribution in [3.05, 3.63) is 61.5 Å². The molecule has 0 spiro atoms. The van der Waals surface area contributed by atoms with Crippen LogP contribution in [0.4, 0.5) is 0 Å². The molecule has 0 unspecified atom stereocenters. The molecule has 3 rings (SSSR count). The fraction of sp³-hybridized carbons (Fsp3) is 0.350. The number of aromatic hydroxyl groups is 1. The molecule has 0 radical (unpaired) electrons. The standard InChI is InChI=1S/C20H21Cl2N3O4/c1-11(2)23(3)19(28)15-9-16(26)18(27)17-20(29)24(6-7-25(15)17)10-12-4-5-13(21)14(22)8-12/h4-5,8-9,11,27H,6-7,10H2,1-3H3. The van der Waals surface area contributed by atoms with Crippen molar-refractivity contribution in [1.29, 1.82) is 0 Å². The monoisotopic (exact) mass is 437 g/mol. The normalized spacial score (nSPS) is 13.6. The number of fused-ring (bicyclic) bond motifs is 1. The van der Waals surface area contributed by atoms with Gasteiger partial charge in [0.25, 0.3) is 11.8 Å². The van der Waals surface area contributed by atoms with Gasteiger partial charge in [0.05, 0.1) is 10.0 Å². The van der Waals surface area contributed by atoms with Crippen molar-refractivity contribution in [1.82, 2.24) is 14.4 Å². The number of carbonyl (C=O) groups is 2. The van der Waals surface area contributed by atoms with Crippen LogP contribution in [0.25, 0.3) is 0 Å². The summed E-state index contributed by atoms with van der Waals surface area (Å²) in [4.78, 5) is 41.1. The lowest BCUT2D eigenvalue weighted by Crippen LogP contribution is -2.44. The number of rotatable bonds is 4. The Morgan fingerprint density at radius 3 is 2.48 bits per heavy atom. The summed E-state index contributed by atoms with van der Waals surface area (Å²) in [6.07, 6.45) is 0. The molecule has 2 amide bonds. The highest BCUT2D eigenvalue weighted by Gasteiger charge is 2.32. The van der Waals surface area contributed by atoms with E-state index in [1.807, 2.05) is 13.8 Å². The SMILES string of the molecule is CC(C)N(C)C(=O)c1cc(=O)c(O)c2n1CCN(Cc1ccc(Cl)c(Cl)c1)C2=O. The predicted molar refractivity (Wildman–Crippen MR) is 111 cm³/mol. The second-order valence-corrected chi connectivity index (χ2v) is 8.04. The van der Waals surface area contributed by atoms with Gasteiger partial charge in [-0.2, -0.15) is 0 Å². The Hall–Kier alpha value is -2.51. The van der Waals surface area contributed by atoms with Gasteiger partial charge in [0.15, 0.2) is 11.4 Å². The van der Waals surface area contributed by atoms with Crippen molar-refractivity contribution in [3.8, 4) is 5.75 Å². The van der Waals surface area contributed by atoms with Gasteiger partial charge in [0.1, 0.15) is 5.69 Å². The maximum Gasteiger partial charge on any atom is 0.274 e. The van der Waals surface area contributed by atoms with Crippen LogP contribution in [0, 0.1) is 0 Å². The van der Waals surface area contributed by atoms with E-state index in [2.05, 4.69) is 0 Å². The molecule has 0 aliphatic carbocycles. The lowest BCUT2D eigenvalue weighted by Gasteiger charge is -2.32. The Morgan fingerprint density at radius 2 is 1.86 bits per heavy atom. The molecule has 1 N–H and O–H groups in total. The van der Waals surface area contributed by atoms with Crippen molar-refractivity contribution in [2.24, 2.45) is 0 Å². The lowest BCUT2D eigenvalue weighted by molar-refractivity contribution is 0.0668. The van der Waals surface area contributed by atoms with Crippen LogP contribution in [-0.4, -0.2) is 50.9 Å². The van der Waals surface area contributed by atoms with E-state index < -0.39 is 17.1 Å². The number of nitrogens with zero attached hydrogens (tertiary/aromatic N) is 3. The van der Waals surface area contributed by atoms with Crippen LogP contribution in [-0.2, 0) is 13.1 Å². The first-order chi connectivity index (χ1) is 13.6. The molecule has 7 nitrogen and oxygen atoms in total. The van der Waals surface area contributed by atoms with E-state index in [-0.39, 0.29) is 36.4 Å². The van der Waals surface area contributed by atoms with Crippen LogP contribution in [0.2, 0.25) is 10.0 Å². The van der Waals surface area contributed by atoms with Crippen molar-refractivity contribution in [2.45, 2.75) is 33.0 Å². The summed E-state index contributed by atoms with van der Waals surface area (Å²) < 4.78 is 1.42. The molecule has 0 saturated heterocycles. The van der Waals surface area contributed by atoms with Crippen molar-refractivity contribution < 1.29 is 14.7 Å². The summed E-state index contributed by atoms with van der Waals surface area (Å²) >= 11 is 12.0. The zero-order valence-electron chi connectivity index (χ0n) is 16.3. The highest BCUT2D eigenvalue weighted by molar-refractivity contribution is 6.42. The molecular weight excluding hydrogens is 417 g/mol. The smallest absolute Gasteiger partial charge is 0.274 e. The molecule has 29 heavy (non-hydrogen) atoms. The fourth-order valence-electron chi connectivity index (χ4n) is 3.16. The Bertz CT molecular complexity index is 1050. The van der Waals surface area contributed by atoms with E-state index in [9.17, 15) is 19.5 Å². The van der Waals surface area contributed by atoms with Gasteiger partial charge in [-0.05, 0) is 31.5 Å². The average molecular weight is 438 g/mol. The van der Waals surface area contributed by atoms with E-state index in [0.717, 1.165) is 11.6 Å². The number of pyridine rings is 1. The maximum atomic E-state index is 13.0. The first-order valence-electron chi connectivity index (χ1n) is 9.09. The Balaban J connectivity index is 1.99. The number of hydrogen-bond acceptors (Lipinski definition) is 4. The Kier molecular flexibility index (Phi) is 5.91. The number of hydrogen-bond donors (Lipinski definition) is 1. The van der Waals surface area contributed by atoms with Crippen LogP contribution in [0.1, 0.15) is 40.4 Å². The van der Waals surface area contributed by atoms with Gasteiger partial charge in [0.2, 0.25) is 5.43 Å². The van der Waals surface area contributed by atoms with Crippen LogP contribution in [0.5, 0.6) is 5.75 Å². The molecule has 1 aromatic heterocycles. The van der Waals surface area contributed by atoms with Gasteiger partial charge in [-0.1, -0.05) is 29.3 Å². The van der Waals surface area contributed by atoms with Gasteiger partial charge in [-0.3, -0.25) is 14.4 Å². The van der Waals surface area contributed by atoms with Crippen molar-refractivity contribution in [3.63, 3.8) is 0 Å². The van der Waals surface area contributed by atoms with E-state index in [0.29, 0.717) is 16.6 Å². The third-order valence-electron chi connectivity index (χ3n) is 5.04. The van der Waals surface area contributed by atoms with E-state index in [1.54, 1.807) is 25.2 Å². The third kappa shape index (κ3) is 3.97. The highest BCUT2D eigenvalue weighted by Crippen LogP contribution is 2.26. The third-order valence-corrected chi connectivity index (χ3v) is 5.78. The van der Waals surface area contributed by atoms with Gasteiger partial charge in [-0.25, -0.2) is 0 Å². The Labute approximate surface area is 178 Å². The maximum absolute atomic E-state index is 13.0. The van der Waals surface area contributed by atoms with Crippen molar-refractivity contribution >= 4 is 35.0 Å². The van der Waals surface area contributed by atoms with Crippen LogP contribution >= 0.6 is 23.2 Å². The minimum absolute atomic E-state index is 0.0848. The van der Waals surface area contributed by atoms with Gasteiger partial charge < -0.3 is 19.5 Å². The summed E-state index contributed by atoms with van der Waals surface area (Å²) in [5.41, 5.74) is -0.0952. The number of amides is 2. The largest absolute Gasteiger partial charge is 0.503 e. The number of aromatic nitrogens is 1. The molecule has 0 fully saturated rings. The average Bonchev–Trinajstić information content (AvgIpc) is 2.68. The predicted octanol–water partition coefficient (Wildman–Crippen LogP) is 3.00. The molecule has 2 aromatic rings. The molecule has 9 heteroatoms. The second-order valence-electron chi connectivity index (χ2n) is 7.23. The van der Waals surface area contributed by atoms with Gasteiger partial charge in [0, 0.05) is 38.8 Å². The zero-order valence-corrected chi connectivity index (χ0v) is 17.8. The summed E-state index contributed by atoms with van der Waals surface area (Å²) in [5, 5.41) is 11.1. The number of benzene rings is 1. The Morgan fingerprint density at radius 1 is 1.17 bits per heavy atom. The molecule has 0 atom stereocenters. The molecule has 1 aliphatic heterocycles. The fourth-order valence-corrected chi connectivity index (χ4v) is 3.48. The summed E-state index contributed by atoms with van der Waals surface area (Å²) in [6, 6.07) is 6.05. The summed E-state index contributed by atoms with van der Waals surface area (Å²) in [5.74, 6) is -1.57. The number of halogens is 2. The van der Waals surface area contributed by atoms with Crippen LogP contribution in [0.3, 0.4) is 0 Å². The summed E-state index contributed by atoms with van der Waals surface area (Å²) in [6.45, 7) is 4.49. The first-order valence-corrected chi connectivity index (χ1v) is 9.84. The van der Waals surface area contributed by atoms with Crippen LogP contribution in [0.15, 0.2) is 29.1 Å². The van der Waals surface area contributed by atoms with Gasteiger partial charge >= 0.3 is 0 Å². The lowest BCUT2D eigenvalue weighted by atomic mass is 10.1. The van der Waals surface area contributed by atoms with Crippen molar-refractivity contribution in [2.75, 3.05) is 13.6 Å². The molecule has 0 saturated carbocycles. The quantitative estimate of drug-likeness (QED) is 0.796. The molecule has 154 valence electrons. The van der Waals surface area contributed by atoms with E-state index in [1.165, 1.54) is 14.4 Å². The van der Waals surface area contributed by atoms with Gasteiger partial charge in [-0.15, -0.1) is 0 Å². The summed E-state index contributed by atoms with van der Waals surface area (Å²) in [7, 11) is 1.62.